The highest BCUT2D eigenvalue weighted by Crippen LogP contribution is 1.96. The average Bonchev–Trinajstić information content (AvgIpc) is 1.88. The molecule has 0 bridgehead atoms. The normalized spacial score (nSPS) is 9.56. The fourth-order valence-corrected chi connectivity index (χ4v) is 0.731. The van der Waals surface area contributed by atoms with Crippen molar-refractivity contribution >= 4 is 0 Å². The third kappa shape index (κ3) is 1.53. The maximum atomic E-state index is 4.26. The fourth-order valence-electron chi connectivity index (χ4n) is 0.731. The molecule has 0 atom stereocenters. The van der Waals surface area contributed by atoms with Crippen molar-refractivity contribution in [3.8, 4) is 0 Å². The Morgan fingerprint density at radius 2 is 2.33 bits per heavy atom. The first kappa shape index (κ1) is 6.27. The predicted molar refractivity (Wildman–Crippen MR) is 37.2 cm³/mol. The van der Waals surface area contributed by atoms with E-state index in [0.717, 1.165) is 17.8 Å². The molecule has 0 aliphatic rings. The molecular weight excluding hydrogens is 110 g/mol. The van der Waals surface area contributed by atoms with Crippen LogP contribution in [-0.2, 0) is 6.42 Å². The Hall–Kier alpha value is -0.850. The maximum Gasteiger partial charge on any atom is 0.0410 e. The molecule has 0 saturated carbocycles. The summed E-state index contributed by atoms with van der Waals surface area (Å²) < 4.78 is 0. The number of rotatable bonds is 1. The molecule has 1 aromatic rings. The molecule has 9 heavy (non-hydrogen) atoms. The Kier molecular flexibility index (Phi) is 1.83. The van der Waals surface area contributed by atoms with Crippen molar-refractivity contribution in [1.82, 2.24) is 4.98 Å². The summed E-state index contributed by atoms with van der Waals surface area (Å²) in [6.45, 7) is 4.07. The zero-order chi connectivity index (χ0) is 6.69. The first-order chi connectivity index (χ1) is 4.33. The first-order valence-corrected chi connectivity index (χ1v) is 3.16. The number of hydrogen-bond donors (Lipinski definition) is 0. The van der Waals surface area contributed by atoms with Gasteiger partial charge in [0, 0.05) is 11.4 Å². The van der Waals surface area contributed by atoms with Crippen LogP contribution in [0.1, 0.15) is 18.3 Å². The number of aromatic nitrogens is 1. The molecule has 1 heteroatoms. The molecule has 47 valence electrons. The minimum absolute atomic E-state index is 0.998. The standard InChI is InChI=1S/C8H10N/c1-3-8-6-4-5-7(2)9-8/h5-6H,3H2,1-2H3. The van der Waals surface area contributed by atoms with E-state index in [1.807, 2.05) is 19.1 Å². The molecule has 0 saturated heterocycles. The zero-order valence-electron chi connectivity index (χ0n) is 5.81. The topological polar surface area (TPSA) is 12.9 Å². The van der Waals surface area contributed by atoms with Gasteiger partial charge in [-0.25, -0.2) is 0 Å². The second-order valence-corrected chi connectivity index (χ2v) is 2.05. The van der Waals surface area contributed by atoms with Gasteiger partial charge < -0.3 is 0 Å². The lowest BCUT2D eigenvalue weighted by Crippen LogP contribution is -1.87. The van der Waals surface area contributed by atoms with E-state index in [0.29, 0.717) is 0 Å². The average molecular weight is 120 g/mol. The summed E-state index contributed by atoms with van der Waals surface area (Å²) in [7, 11) is 0. The first-order valence-electron chi connectivity index (χ1n) is 3.16. The van der Waals surface area contributed by atoms with Crippen LogP contribution < -0.4 is 0 Å². The molecule has 0 N–H and O–H groups in total. The van der Waals surface area contributed by atoms with Gasteiger partial charge in [0.25, 0.3) is 0 Å². The van der Waals surface area contributed by atoms with Crippen LogP contribution in [-0.4, -0.2) is 4.98 Å². The van der Waals surface area contributed by atoms with Crippen molar-refractivity contribution in [2.24, 2.45) is 0 Å². The highest BCUT2D eigenvalue weighted by atomic mass is 14.7. The lowest BCUT2D eigenvalue weighted by Gasteiger charge is -1.94. The number of nitrogens with zero attached hydrogens (tertiary/aromatic N) is 1. The summed E-state index contributed by atoms with van der Waals surface area (Å²) in [5, 5.41) is 0. The van der Waals surface area contributed by atoms with Gasteiger partial charge in [0.05, 0.1) is 0 Å². The molecule has 0 spiro atoms. The van der Waals surface area contributed by atoms with Crippen LogP contribution in [0.25, 0.3) is 0 Å². The molecule has 1 nitrogen and oxygen atoms in total. The summed E-state index contributed by atoms with van der Waals surface area (Å²) in [5.41, 5.74) is 2.17. The van der Waals surface area contributed by atoms with E-state index in [9.17, 15) is 0 Å². The van der Waals surface area contributed by atoms with Crippen molar-refractivity contribution in [3.63, 3.8) is 0 Å². The van der Waals surface area contributed by atoms with Crippen LogP contribution in [0.5, 0.6) is 0 Å². The predicted octanol–water partition coefficient (Wildman–Crippen LogP) is 1.75. The van der Waals surface area contributed by atoms with Gasteiger partial charge in [-0.05, 0) is 31.5 Å². The third-order valence-electron chi connectivity index (χ3n) is 1.22. The molecule has 1 aromatic heterocycles. The molecule has 0 amide bonds. The van der Waals surface area contributed by atoms with Crippen molar-refractivity contribution < 1.29 is 0 Å². The van der Waals surface area contributed by atoms with Crippen LogP contribution in [0.4, 0.5) is 0 Å². The van der Waals surface area contributed by atoms with Crippen molar-refractivity contribution in [2.45, 2.75) is 20.3 Å². The van der Waals surface area contributed by atoms with Crippen molar-refractivity contribution in [2.75, 3.05) is 0 Å². The summed E-state index contributed by atoms with van der Waals surface area (Å²) in [6.07, 6.45) is 0.998. The largest absolute Gasteiger partial charge is 0.258 e. The number of aryl methyl sites for hydroxylation is 2. The molecule has 0 unspecified atom stereocenters. The van der Waals surface area contributed by atoms with Gasteiger partial charge in [0.2, 0.25) is 0 Å². The second kappa shape index (κ2) is 2.62. The quantitative estimate of drug-likeness (QED) is 0.550. The van der Waals surface area contributed by atoms with Gasteiger partial charge in [-0.2, -0.15) is 0 Å². The highest BCUT2D eigenvalue weighted by molar-refractivity contribution is 5.07. The fraction of sp³-hybridized carbons (Fsp3) is 0.375. The van der Waals surface area contributed by atoms with Crippen molar-refractivity contribution in [1.29, 1.82) is 0 Å². The van der Waals surface area contributed by atoms with E-state index in [4.69, 9.17) is 0 Å². The Bertz CT molecular complexity index is 194. The second-order valence-electron chi connectivity index (χ2n) is 2.05. The van der Waals surface area contributed by atoms with E-state index in [-0.39, 0.29) is 0 Å². The lowest BCUT2D eigenvalue weighted by molar-refractivity contribution is 1.00. The van der Waals surface area contributed by atoms with Gasteiger partial charge in [-0.3, -0.25) is 4.98 Å². The van der Waals surface area contributed by atoms with E-state index in [2.05, 4.69) is 18.0 Å². The lowest BCUT2D eigenvalue weighted by atomic mass is 10.3. The van der Waals surface area contributed by atoms with Gasteiger partial charge in [0.15, 0.2) is 0 Å². The monoisotopic (exact) mass is 120 g/mol. The third-order valence-corrected chi connectivity index (χ3v) is 1.22. The zero-order valence-corrected chi connectivity index (χ0v) is 5.81. The molecular formula is C8H10N. The van der Waals surface area contributed by atoms with E-state index in [1.54, 1.807) is 0 Å². The summed E-state index contributed by atoms with van der Waals surface area (Å²) in [6, 6.07) is 6.83. The Balaban J connectivity index is 2.94. The molecule has 0 aromatic carbocycles. The minimum Gasteiger partial charge on any atom is -0.258 e. The van der Waals surface area contributed by atoms with Gasteiger partial charge >= 0.3 is 0 Å². The number of pyridine rings is 1. The molecule has 0 fully saturated rings. The van der Waals surface area contributed by atoms with Gasteiger partial charge in [0.1, 0.15) is 0 Å². The van der Waals surface area contributed by atoms with Crippen LogP contribution >= 0.6 is 0 Å². The molecule has 1 radical (unpaired) electrons. The van der Waals surface area contributed by atoms with Gasteiger partial charge in [-0.15, -0.1) is 0 Å². The number of hydrogen-bond acceptors (Lipinski definition) is 1. The highest BCUT2D eigenvalue weighted by Gasteiger charge is 1.87. The van der Waals surface area contributed by atoms with Crippen LogP contribution in [0.15, 0.2) is 12.1 Å². The molecule has 0 aliphatic carbocycles. The molecule has 0 aliphatic heterocycles. The summed E-state index contributed by atoms with van der Waals surface area (Å²) in [4.78, 5) is 4.26. The summed E-state index contributed by atoms with van der Waals surface area (Å²) >= 11 is 0. The maximum absolute atomic E-state index is 4.26. The Labute approximate surface area is 55.7 Å². The van der Waals surface area contributed by atoms with Crippen LogP contribution in [0.2, 0.25) is 0 Å². The molecule has 1 heterocycles. The minimum atomic E-state index is 0.998. The van der Waals surface area contributed by atoms with E-state index < -0.39 is 0 Å². The van der Waals surface area contributed by atoms with Crippen LogP contribution in [0, 0.1) is 13.0 Å². The van der Waals surface area contributed by atoms with Crippen molar-refractivity contribution in [3.05, 3.63) is 29.6 Å². The smallest absolute Gasteiger partial charge is 0.0410 e. The SMILES string of the molecule is CCc1c[c]cc(C)n1. The molecule has 1 rings (SSSR count). The van der Waals surface area contributed by atoms with E-state index >= 15 is 0 Å². The Morgan fingerprint density at radius 1 is 1.56 bits per heavy atom. The van der Waals surface area contributed by atoms with E-state index in [1.165, 1.54) is 0 Å². The van der Waals surface area contributed by atoms with Crippen LogP contribution in [0.3, 0.4) is 0 Å². The summed E-state index contributed by atoms with van der Waals surface area (Å²) in [5.74, 6) is 0. The Morgan fingerprint density at radius 3 is 2.78 bits per heavy atom. The van der Waals surface area contributed by atoms with Gasteiger partial charge in [-0.1, -0.05) is 6.92 Å².